The number of carbonyl (C=O) groups excluding carboxylic acids is 1. The molecule has 0 spiro atoms. The van der Waals surface area contributed by atoms with Crippen molar-refractivity contribution in [3.05, 3.63) is 60.2 Å². The summed E-state index contributed by atoms with van der Waals surface area (Å²) < 4.78 is 1.90. The SMILES string of the molecule is Cc1ccccc1-n1cnnc1SCC(=O)c1ccc[nH]1. The summed E-state index contributed by atoms with van der Waals surface area (Å²) in [4.78, 5) is 14.9. The number of rotatable bonds is 5. The number of hydrogen-bond donors (Lipinski definition) is 1. The topological polar surface area (TPSA) is 63.6 Å². The van der Waals surface area contributed by atoms with E-state index in [9.17, 15) is 4.79 Å². The van der Waals surface area contributed by atoms with Gasteiger partial charge < -0.3 is 4.98 Å². The van der Waals surface area contributed by atoms with Crippen molar-refractivity contribution in [2.24, 2.45) is 0 Å². The van der Waals surface area contributed by atoms with Gasteiger partial charge in [0, 0.05) is 6.20 Å². The van der Waals surface area contributed by atoms with E-state index in [-0.39, 0.29) is 5.78 Å². The second-order valence-corrected chi connectivity index (χ2v) is 5.51. The Bertz CT molecular complexity index is 749. The van der Waals surface area contributed by atoms with E-state index >= 15 is 0 Å². The normalized spacial score (nSPS) is 10.7. The van der Waals surface area contributed by atoms with Gasteiger partial charge in [0.05, 0.1) is 17.1 Å². The molecule has 0 amide bonds. The summed E-state index contributed by atoms with van der Waals surface area (Å²) in [5, 5.41) is 8.77. The molecule has 1 N–H and O–H groups in total. The third-order valence-electron chi connectivity index (χ3n) is 3.12. The van der Waals surface area contributed by atoms with Gasteiger partial charge in [-0.05, 0) is 30.7 Å². The van der Waals surface area contributed by atoms with E-state index in [1.807, 2.05) is 41.8 Å². The van der Waals surface area contributed by atoms with Gasteiger partial charge in [0.1, 0.15) is 6.33 Å². The maximum atomic E-state index is 12.0. The quantitative estimate of drug-likeness (QED) is 0.581. The zero-order valence-electron chi connectivity index (χ0n) is 11.5. The smallest absolute Gasteiger partial charge is 0.196 e. The number of ketones is 1. The number of hydrogen-bond acceptors (Lipinski definition) is 4. The molecule has 0 saturated carbocycles. The molecule has 0 fully saturated rings. The highest BCUT2D eigenvalue weighted by Crippen LogP contribution is 2.22. The minimum Gasteiger partial charge on any atom is -0.359 e. The van der Waals surface area contributed by atoms with Crippen LogP contribution < -0.4 is 0 Å². The molecule has 2 aromatic heterocycles. The van der Waals surface area contributed by atoms with Crippen LogP contribution in [0.3, 0.4) is 0 Å². The molecular weight excluding hydrogens is 284 g/mol. The highest BCUT2D eigenvalue weighted by molar-refractivity contribution is 7.99. The van der Waals surface area contributed by atoms with Gasteiger partial charge in [-0.15, -0.1) is 10.2 Å². The van der Waals surface area contributed by atoms with Crippen molar-refractivity contribution >= 4 is 17.5 Å². The van der Waals surface area contributed by atoms with Gasteiger partial charge in [-0.3, -0.25) is 9.36 Å². The minimum absolute atomic E-state index is 0.0457. The standard InChI is InChI=1S/C15H14N4OS/c1-11-5-2-3-7-13(11)19-10-17-18-15(19)21-9-14(20)12-6-4-8-16-12/h2-8,10,16H,9H2,1H3. The third-order valence-corrected chi connectivity index (χ3v) is 4.07. The summed E-state index contributed by atoms with van der Waals surface area (Å²) in [7, 11) is 0. The van der Waals surface area contributed by atoms with Crippen LogP contribution in [0.5, 0.6) is 0 Å². The number of para-hydroxylation sites is 1. The molecule has 0 atom stereocenters. The lowest BCUT2D eigenvalue weighted by Crippen LogP contribution is -2.04. The fraction of sp³-hybridized carbons (Fsp3) is 0.133. The highest BCUT2D eigenvalue weighted by Gasteiger charge is 2.12. The number of benzene rings is 1. The second-order valence-electron chi connectivity index (χ2n) is 4.57. The number of aryl methyl sites for hydroxylation is 1. The van der Waals surface area contributed by atoms with Crippen molar-refractivity contribution in [2.75, 3.05) is 5.75 Å². The largest absolute Gasteiger partial charge is 0.359 e. The first-order valence-corrected chi connectivity index (χ1v) is 7.49. The predicted octanol–water partition coefficient (Wildman–Crippen LogP) is 2.88. The number of aromatic nitrogens is 4. The van der Waals surface area contributed by atoms with Gasteiger partial charge in [0.25, 0.3) is 0 Å². The molecular formula is C15H14N4OS. The van der Waals surface area contributed by atoms with E-state index in [0.717, 1.165) is 11.3 Å². The number of Topliss-reactive ketones (excluding diaryl/α,β-unsaturated/α-hetero) is 1. The van der Waals surface area contributed by atoms with Crippen LogP contribution in [0.25, 0.3) is 5.69 Å². The summed E-state index contributed by atoms with van der Waals surface area (Å²) in [5.74, 6) is 0.370. The first-order chi connectivity index (χ1) is 10.3. The van der Waals surface area contributed by atoms with Gasteiger partial charge in [0.2, 0.25) is 0 Å². The van der Waals surface area contributed by atoms with Crippen molar-refractivity contribution in [1.29, 1.82) is 0 Å². The van der Waals surface area contributed by atoms with Gasteiger partial charge in [-0.25, -0.2) is 0 Å². The van der Waals surface area contributed by atoms with Crippen LogP contribution in [0.1, 0.15) is 16.1 Å². The summed E-state index contributed by atoms with van der Waals surface area (Å²) >= 11 is 1.38. The van der Waals surface area contributed by atoms with E-state index in [0.29, 0.717) is 16.6 Å². The van der Waals surface area contributed by atoms with Crippen molar-refractivity contribution in [3.63, 3.8) is 0 Å². The van der Waals surface area contributed by atoms with Crippen molar-refractivity contribution in [3.8, 4) is 5.69 Å². The lowest BCUT2D eigenvalue weighted by molar-refractivity contribution is 0.101. The fourth-order valence-electron chi connectivity index (χ4n) is 2.03. The highest BCUT2D eigenvalue weighted by atomic mass is 32.2. The number of carbonyl (C=O) groups is 1. The summed E-state index contributed by atoms with van der Waals surface area (Å²) in [6, 6.07) is 11.6. The van der Waals surface area contributed by atoms with Crippen LogP contribution in [-0.2, 0) is 0 Å². The van der Waals surface area contributed by atoms with Crippen LogP contribution in [-0.4, -0.2) is 31.3 Å². The lowest BCUT2D eigenvalue weighted by Gasteiger charge is -2.08. The summed E-state index contributed by atoms with van der Waals surface area (Å²) in [6.07, 6.45) is 3.41. The molecule has 1 aromatic carbocycles. The predicted molar refractivity (Wildman–Crippen MR) is 81.9 cm³/mol. The van der Waals surface area contributed by atoms with Crippen LogP contribution in [0.4, 0.5) is 0 Å². The zero-order chi connectivity index (χ0) is 14.7. The molecule has 0 aliphatic heterocycles. The maximum Gasteiger partial charge on any atom is 0.196 e. The Morgan fingerprint density at radius 1 is 1.29 bits per heavy atom. The summed E-state index contributed by atoms with van der Waals surface area (Å²) in [5.41, 5.74) is 2.77. The molecule has 0 unspecified atom stereocenters. The molecule has 0 aliphatic carbocycles. The number of nitrogens with one attached hydrogen (secondary N) is 1. The first-order valence-electron chi connectivity index (χ1n) is 6.51. The Hall–Kier alpha value is -2.34. The molecule has 0 saturated heterocycles. The molecule has 0 bridgehead atoms. The van der Waals surface area contributed by atoms with E-state index in [1.54, 1.807) is 18.6 Å². The van der Waals surface area contributed by atoms with Crippen molar-refractivity contribution in [2.45, 2.75) is 12.1 Å². The molecule has 0 aliphatic rings. The molecule has 6 heteroatoms. The molecule has 2 heterocycles. The van der Waals surface area contributed by atoms with Crippen LogP contribution in [0.2, 0.25) is 0 Å². The van der Waals surface area contributed by atoms with Crippen LogP contribution >= 0.6 is 11.8 Å². The van der Waals surface area contributed by atoms with E-state index < -0.39 is 0 Å². The van der Waals surface area contributed by atoms with E-state index in [4.69, 9.17) is 0 Å². The summed E-state index contributed by atoms with van der Waals surface area (Å²) in [6.45, 7) is 2.04. The maximum absolute atomic E-state index is 12.0. The van der Waals surface area contributed by atoms with Gasteiger partial charge in [-0.1, -0.05) is 30.0 Å². The monoisotopic (exact) mass is 298 g/mol. The zero-order valence-corrected chi connectivity index (χ0v) is 12.3. The van der Waals surface area contributed by atoms with Crippen LogP contribution in [0.15, 0.2) is 54.1 Å². The molecule has 106 valence electrons. The minimum atomic E-state index is 0.0457. The number of aromatic amines is 1. The Balaban J connectivity index is 1.78. The van der Waals surface area contributed by atoms with Gasteiger partial charge >= 0.3 is 0 Å². The Morgan fingerprint density at radius 3 is 2.90 bits per heavy atom. The van der Waals surface area contributed by atoms with Crippen molar-refractivity contribution in [1.82, 2.24) is 19.7 Å². The number of nitrogens with zero attached hydrogens (tertiary/aromatic N) is 3. The molecule has 5 nitrogen and oxygen atoms in total. The van der Waals surface area contributed by atoms with Crippen molar-refractivity contribution < 1.29 is 4.79 Å². The van der Waals surface area contributed by atoms with E-state index in [2.05, 4.69) is 15.2 Å². The Kier molecular flexibility index (Phi) is 3.87. The van der Waals surface area contributed by atoms with E-state index in [1.165, 1.54) is 11.8 Å². The number of H-pyrrole nitrogens is 1. The van der Waals surface area contributed by atoms with Gasteiger partial charge in [-0.2, -0.15) is 0 Å². The molecule has 21 heavy (non-hydrogen) atoms. The average molecular weight is 298 g/mol. The molecule has 3 aromatic rings. The van der Waals surface area contributed by atoms with Gasteiger partial charge in [0.15, 0.2) is 10.9 Å². The lowest BCUT2D eigenvalue weighted by atomic mass is 10.2. The number of thioether (sulfide) groups is 1. The molecule has 3 rings (SSSR count). The fourth-order valence-corrected chi connectivity index (χ4v) is 2.84. The average Bonchev–Trinajstić information content (AvgIpc) is 3.17. The Morgan fingerprint density at radius 2 is 2.14 bits per heavy atom. The molecule has 0 radical (unpaired) electrons. The first kappa shape index (κ1) is 13.6. The second kappa shape index (κ2) is 5.97. The van der Waals surface area contributed by atoms with Crippen LogP contribution in [0, 0.1) is 6.92 Å². The third kappa shape index (κ3) is 2.90. The Labute approximate surface area is 126 Å².